The molecule has 0 saturated heterocycles. The minimum atomic E-state index is -0.846. The molecule has 1 aliphatic rings. The summed E-state index contributed by atoms with van der Waals surface area (Å²) in [4.78, 5) is 15.4. The van der Waals surface area contributed by atoms with Gasteiger partial charge in [-0.15, -0.1) is 0 Å². The van der Waals surface area contributed by atoms with Crippen molar-refractivity contribution in [1.29, 1.82) is 0 Å². The Bertz CT molecular complexity index is 1090. The normalized spacial score (nSPS) is 17.6. The number of carboxylic acid groups (broad SMARTS) is 1. The number of carboxylic acids is 1. The van der Waals surface area contributed by atoms with Crippen molar-refractivity contribution in [2.75, 3.05) is 13.7 Å². The van der Waals surface area contributed by atoms with Crippen LogP contribution in [0.25, 0.3) is 10.9 Å². The van der Waals surface area contributed by atoms with E-state index in [1.807, 2.05) is 42.5 Å². The van der Waals surface area contributed by atoms with Crippen LogP contribution in [0.3, 0.4) is 0 Å². The second kappa shape index (κ2) is 10.8. The number of hydrogen-bond acceptors (Lipinski definition) is 4. The van der Waals surface area contributed by atoms with Crippen molar-refractivity contribution in [1.82, 2.24) is 10.3 Å². The summed E-state index contributed by atoms with van der Waals surface area (Å²) in [5.41, 5.74) is 4.03. The summed E-state index contributed by atoms with van der Waals surface area (Å²) < 4.78 is 11.6. The number of fused-ring (bicyclic) bond motifs is 3. The van der Waals surface area contributed by atoms with Gasteiger partial charge in [0.1, 0.15) is 6.04 Å². The lowest BCUT2D eigenvalue weighted by atomic mass is 9.90. The molecule has 1 aliphatic heterocycles. The second-order valence-electron chi connectivity index (χ2n) is 8.78. The first-order valence-corrected chi connectivity index (χ1v) is 12.0. The molecule has 3 aromatic rings. The van der Waals surface area contributed by atoms with Gasteiger partial charge in [0.15, 0.2) is 11.5 Å². The lowest BCUT2D eigenvalue weighted by Crippen LogP contribution is -2.44. The van der Waals surface area contributed by atoms with E-state index in [0.29, 0.717) is 18.8 Å². The maximum Gasteiger partial charge on any atom is 0.321 e. The van der Waals surface area contributed by atoms with E-state index in [-0.39, 0.29) is 6.04 Å². The zero-order chi connectivity index (χ0) is 23.2. The first-order valence-electron chi connectivity index (χ1n) is 12.0. The van der Waals surface area contributed by atoms with Gasteiger partial charge in [-0.2, -0.15) is 0 Å². The van der Waals surface area contributed by atoms with Crippen LogP contribution in [-0.4, -0.2) is 35.8 Å². The SMILES string of the molecule is CCCCCCCCOc1ccc([C@@H]2N[C@H](C(=O)O)Cc3c2[nH]c2ccccc32)cc1OC. The molecule has 0 amide bonds. The highest BCUT2D eigenvalue weighted by molar-refractivity contribution is 5.87. The van der Waals surface area contributed by atoms with Gasteiger partial charge in [-0.1, -0.05) is 63.3 Å². The molecule has 0 aliphatic carbocycles. The molecule has 6 heteroatoms. The van der Waals surface area contributed by atoms with E-state index in [1.54, 1.807) is 7.11 Å². The van der Waals surface area contributed by atoms with Gasteiger partial charge in [-0.05, 0) is 35.7 Å². The van der Waals surface area contributed by atoms with Crippen LogP contribution in [0.5, 0.6) is 11.5 Å². The van der Waals surface area contributed by atoms with Crippen molar-refractivity contribution in [3.8, 4) is 11.5 Å². The van der Waals surface area contributed by atoms with Gasteiger partial charge in [0.05, 0.1) is 19.8 Å². The minimum Gasteiger partial charge on any atom is -0.493 e. The smallest absolute Gasteiger partial charge is 0.321 e. The van der Waals surface area contributed by atoms with Crippen LogP contribution in [0.15, 0.2) is 42.5 Å². The quantitative estimate of drug-likeness (QED) is 0.331. The highest BCUT2D eigenvalue weighted by Crippen LogP contribution is 2.38. The molecule has 4 rings (SSSR count). The van der Waals surface area contributed by atoms with Gasteiger partial charge in [0, 0.05) is 23.0 Å². The van der Waals surface area contributed by atoms with Gasteiger partial charge < -0.3 is 19.6 Å². The maximum atomic E-state index is 11.9. The van der Waals surface area contributed by atoms with E-state index < -0.39 is 12.0 Å². The molecule has 3 N–H and O–H groups in total. The Morgan fingerprint density at radius 3 is 2.64 bits per heavy atom. The monoisotopic (exact) mass is 450 g/mol. The molecule has 6 nitrogen and oxygen atoms in total. The number of aliphatic carboxylic acids is 1. The molecule has 176 valence electrons. The average Bonchev–Trinajstić information content (AvgIpc) is 3.21. The molecular formula is C27H34N2O4. The third kappa shape index (κ3) is 5.17. The zero-order valence-electron chi connectivity index (χ0n) is 19.5. The highest BCUT2D eigenvalue weighted by Gasteiger charge is 2.34. The fourth-order valence-electron chi connectivity index (χ4n) is 4.70. The lowest BCUT2D eigenvalue weighted by molar-refractivity contribution is -0.139. The standard InChI is InChI=1S/C27H34N2O4/c1-3-4-5-6-7-10-15-33-23-14-13-18(16-24(23)32-2)25-26-20(17-22(29-25)27(30)31)19-11-8-9-12-21(19)28-26/h8-9,11-14,16,22,25,28-29H,3-7,10,15,17H2,1-2H3,(H,30,31)/t22-,25-/m0/s1. The summed E-state index contributed by atoms with van der Waals surface area (Å²) in [6.07, 6.45) is 7.73. The molecule has 0 spiro atoms. The Labute approximate surface area is 195 Å². The Hall–Kier alpha value is -2.99. The van der Waals surface area contributed by atoms with Gasteiger partial charge >= 0.3 is 5.97 Å². The van der Waals surface area contributed by atoms with Crippen LogP contribution >= 0.6 is 0 Å². The predicted octanol–water partition coefficient (Wildman–Crippen LogP) is 5.60. The van der Waals surface area contributed by atoms with E-state index in [9.17, 15) is 9.90 Å². The largest absolute Gasteiger partial charge is 0.493 e. The van der Waals surface area contributed by atoms with Gasteiger partial charge in [0.2, 0.25) is 0 Å². The van der Waals surface area contributed by atoms with Crippen molar-refractivity contribution in [3.05, 3.63) is 59.3 Å². The van der Waals surface area contributed by atoms with Crippen LogP contribution in [0.4, 0.5) is 0 Å². The molecule has 0 unspecified atom stereocenters. The summed E-state index contributed by atoms with van der Waals surface area (Å²) in [6, 6.07) is 13.0. The Morgan fingerprint density at radius 1 is 1.06 bits per heavy atom. The number of unbranched alkanes of at least 4 members (excludes halogenated alkanes) is 5. The van der Waals surface area contributed by atoms with Crippen LogP contribution in [-0.2, 0) is 11.2 Å². The van der Waals surface area contributed by atoms with Crippen LogP contribution in [0.2, 0.25) is 0 Å². The topological polar surface area (TPSA) is 83.6 Å². The molecule has 0 radical (unpaired) electrons. The highest BCUT2D eigenvalue weighted by atomic mass is 16.5. The number of nitrogens with one attached hydrogen (secondary N) is 2. The first kappa shape index (κ1) is 23.2. The van der Waals surface area contributed by atoms with E-state index in [2.05, 4.69) is 17.2 Å². The summed E-state index contributed by atoms with van der Waals surface area (Å²) in [5, 5.41) is 14.1. The molecule has 0 fully saturated rings. The number of H-pyrrole nitrogens is 1. The minimum absolute atomic E-state index is 0.274. The van der Waals surface area contributed by atoms with E-state index in [1.165, 1.54) is 32.1 Å². The molecule has 33 heavy (non-hydrogen) atoms. The number of methoxy groups -OCH3 is 1. The molecule has 0 saturated carbocycles. The third-order valence-electron chi connectivity index (χ3n) is 6.49. The molecule has 2 atom stereocenters. The Kier molecular flexibility index (Phi) is 7.55. The second-order valence-corrected chi connectivity index (χ2v) is 8.78. The molecule has 2 heterocycles. The van der Waals surface area contributed by atoms with Gasteiger partial charge in [-0.25, -0.2) is 0 Å². The third-order valence-corrected chi connectivity index (χ3v) is 6.49. The summed E-state index contributed by atoms with van der Waals surface area (Å²) >= 11 is 0. The number of aromatic amines is 1. The lowest BCUT2D eigenvalue weighted by Gasteiger charge is -2.30. The Balaban J connectivity index is 1.54. The van der Waals surface area contributed by atoms with Crippen LogP contribution in [0, 0.1) is 0 Å². The number of para-hydroxylation sites is 1. The number of hydrogen-bond donors (Lipinski definition) is 3. The number of aromatic nitrogens is 1. The summed E-state index contributed by atoms with van der Waals surface area (Å²) in [7, 11) is 1.64. The fourth-order valence-corrected chi connectivity index (χ4v) is 4.70. The zero-order valence-corrected chi connectivity index (χ0v) is 19.5. The number of rotatable bonds is 11. The summed E-state index contributed by atoms with van der Waals surface area (Å²) in [5.74, 6) is 0.537. The molecular weight excluding hydrogens is 416 g/mol. The average molecular weight is 451 g/mol. The maximum absolute atomic E-state index is 11.9. The van der Waals surface area contributed by atoms with Crippen molar-refractivity contribution in [2.45, 2.75) is 64.0 Å². The molecule has 0 bridgehead atoms. The van der Waals surface area contributed by atoms with Crippen molar-refractivity contribution < 1.29 is 19.4 Å². The fraction of sp³-hybridized carbons (Fsp3) is 0.444. The van der Waals surface area contributed by atoms with Crippen molar-refractivity contribution in [3.63, 3.8) is 0 Å². The number of carbonyl (C=O) groups is 1. The van der Waals surface area contributed by atoms with E-state index in [0.717, 1.165) is 39.9 Å². The number of benzene rings is 2. The van der Waals surface area contributed by atoms with Crippen molar-refractivity contribution >= 4 is 16.9 Å². The van der Waals surface area contributed by atoms with E-state index >= 15 is 0 Å². The summed E-state index contributed by atoms with van der Waals surface area (Å²) in [6.45, 7) is 2.89. The van der Waals surface area contributed by atoms with Crippen molar-refractivity contribution in [2.24, 2.45) is 0 Å². The Morgan fingerprint density at radius 2 is 1.85 bits per heavy atom. The first-order chi connectivity index (χ1) is 16.1. The van der Waals surface area contributed by atoms with E-state index in [4.69, 9.17) is 9.47 Å². The van der Waals surface area contributed by atoms with Crippen LogP contribution < -0.4 is 14.8 Å². The van der Waals surface area contributed by atoms with Gasteiger partial charge in [0.25, 0.3) is 0 Å². The predicted molar refractivity (Wildman–Crippen MR) is 130 cm³/mol. The molecule has 1 aromatic heterocycles. The van der Waals surface area contributed by atoms with Gasteiger partial charge in [-0.3, -0.25) is 10.1 Å². The van der Waals surface area contributed by atoms with Crippen LogP contribution in [0.1, 0.15) is 68.3 Å². The number of ether oxygens (including phenoxy) is 2. The molecule has 2 aromatic carbocycles.